The lowest BCUT2D eigenvalue weighted by Gasteiger charge is -1.95. The Morgan fingerprint density at radius 3 is 1.24 bits per heavy atom. The Morgan fingerprint density at radius 2 is 1.03 bits per heavy atom. The lowest BCUT2D eigenvalue weighted by atomic mass is 10.1. The van der Waals surface area contributed by atoms with Crippen LogP contribution in [0.2, 0.25) is 0 Å². The van der Waals surface area contributed by atoms with Gasteiger partial charge < -0.3 is 5.11 Å². The van der Waals surface area contributed by atoms with Crippen molar-refractivity contribution in [3.63, 3.8) is 0 Å². The molecule has 0 saturated heterocycles. The van der Waals surface area contributed by atoms with Crippen LogP contribution in [0.4, 0.5) is 0 Å². The van der Waals surface area contributed by atoms with E-state index in [4.69, 9.17) is 5.11 Å². The third-order valence-corrected chi connectivity index (χ3v) is 4.73. The maximum atomic E-state index is 9.25. The third kappa shape index (κ3) is 22.1. The van der Waals surface area contributed by atoms with E-state index in [9.17, 15) is 4.79 Å². The zero-order valence-corrected chi connectivity index (χ0v) is 23.2. The van der Waals surface area contributed by atoms with Gasteiger partial charge in [0, 0.05) is 6.08 Å². The number of aryl methyl sites for hydroxylation is 1. The highest BCUT2D eigenvalue weighted by atomic mass is 16.4. The van der Waals surface area contributed by atoms with Crippen LogP contribution in [-0.2, 0) is 11.2 Å². The summed E-state index contributed by atoms with van der Waals surface area (Å²) >= 11 is 0. The van der Waals surface area contributed by atoms with Gasteiger partial charge in [0.1, 0.15) is 0 Å². The number of carbonyl (C=O) groups is 1. The van der Waals surface area contributed by atoms with Crippen LogP contribution >= 0.6 is 0 Å². The molecule has 3 rings (SSSR count). The third-order valence-electron chi connectivity index (χ3n) is 4.73. The Bertz CT molecular complexity index is 1020. The van der Waals surface area contributed by atoms with Crippen molar-refractivity contribution in [1.29, 1.82) is 0 Å². The monoisotopic (exact) mass is 508 g/mol. The van der Waals surface area contributed by atoms with Crippen LogP contribution in [0.5, 0.6) is 0 Å². The lowest BCUT2D eigenvalue weighted by molar-refractivity contribution is -0.131. The number of carboxylic acids is 1. The second-order valence-electron chi connectivity index (χ2n) is 7.68. The molecule has 38 heavy (non-hydrogen) atoms. The van der Waals surface area contributed by atoms with Crippen LogP contribution in [0.15, 0.2) is 142 Å². The zero-order chi connectivity index (χ0) is 29.0. The van der Waals surface area contributed by atoms with Gasteiger partial charge >= 0.3 is 5.97 Å². The van der Waals surface area contributed by atoms with E-state index in [0.717, 1.165) is 24.5 Å². The van der Waals surface area contributed by atoms with Gasteiger partial charge in [0.25, 0.3) is 0 Å². The van der Waals surface area contributed by atoms with Gasteiger partial charge in [-0.2, -0.15) is 0 Å². The lowest BCUT2D eigenvalue weighted by Crippen LogP contribution is -1.82. The number of aliphatic carboxylic acids is 1. The highest BCUT2D eigenvalue weighted by Crippen LogP contribution is 2.05. The fourth-order valence-electron chi connectivity index (χ4n) is 2.49. The normalized spacial score (nSPS) is 8.37. The van der Waals surface area contributed by atoms with Crippen LogP contribution in [0.25, 0.3) is 18.2 Å². The number of rotatable bonds is 8. The highest BCUT2D eigenvalue weighted by Gasteiger charge is 1.86. The van der Waals surface area contributed by atoms with Gasteiger partial charge in [-0.15, -0.1) is 0 Å². The molecule has 3 aromatic carbocycles. The van der Waals surface area contributed by atoms with Gasteiger partial charge in [-0.1, -0.05) is 175 Å². The first-order valence-electron chi connectivity index (χ1n) is 12.5. The van der Waals surface area contributed by atoms with E-state index in [1.165, 1.54) is 28.7 Å². The second-order valence-corrected chi connectivity index (χ2v) is 7.68. The Morgan fingerprint density at radius 1 is 0.658 bits per heavy atom. The SMILES string of the molecule is C=CC(=C)CCC.C=CC(=O)O.C=Cc1ccc(CC)cc1.C=Cc1ccccc1.C=Cc1ccccc1. The van der Waals surface area contributed by atoms with E-state index >= 15 is 0 Å². The summed E-state index contributed by atoms with van der Waals surface area (Å²) in [4.78, 5) is 9.25. The number of hydrogen-bond acceptors (Lipinski definition) is 1. The average Bonchev–Trinajstić information content (AvgIpc) is 2.99. The molecule has 0 aliphatic heterocycles. The largest absolute Gasteiger partial charge is 0.478 e. The predicted molar refractivity (Wildman–Crippen MR) is 171 cm³/mol. The quantitative estimate of drug-likeness (QED) is 0.243. The Kier molecular flexibility index (Phi) is 24.1. The molecule has 0 bridgehead atoms. The van der Waals surface area contributed by atoms with Crippen LogP contribution < -0.4 is 0 Å². The first kappa shape index (κ1) is 35.7. The van der Waals surface area contributed by atoms with Crippen molar-refractivity contribution in [3.05, 3.63) is 164 Å². The first-order chi connectivity index (χ1) is 18.3. The topological polar surface area (TPSA) is 37.3 Å². The van der Waals surface area contributed by atoms with Gasteiger partial charge in [0.15, 0.2) is 0 Å². The molecule has 200 valence electrons. The minimum absolute atomic E-state index is 0.833. The molecule has 0 unspecified atom stereocenters. The maximum absolute atomic E-state index is 9.25. The van der Waals surface area contributed by atoms with Gasteiger partial charge in [0.05, 0.1) is 0 Å². The Hall–Kier alpha value is -4.43. The summed E-state index contributed by atoms with van der Waals surface area (Å²) in [5.41, 5.74) is 6.06. The van der Waals surface area contributed by atoms with Crippen molar-refractivity contribution in [3.8, 4) is 0 Å². The summed E-state index contributed by atoms with van der Waals surface area (Å²) in [5.74, 6) is -0.981. The maximum Gasteiger partial charge on any atom is 0.327 e. The summed E-state index contributed by atoms with van der Waals surface area (Å²) in [7, 11) is 0. The molecule has 2 nitrogen and oxygen atoms in total. The average molecular weight is 509 g/mol. The molecule has 3 aromatic rings. The molecular formula is C36H44O2. The Labute approximate surface area is 231 Å². The van der Waals surface area contributed by atoms with E-state index in [-0.39, 0.29) is 0 Å². The molecule has 0 amide bonds. The molecule has 0 radical (unpaired) electrons. The summed E-state index contributed by atoms with van der Waals surface area (Å²) in [5, 5.41) is 7.60. The van der Waals surface area contributed by atoms with Crippen molar-refractivity contribution in [2.45, 2.75) is 33.1 Å². The molecule has 0 heterocycles. The fraction of sp³-hybridized carbons (Fsp3) is 0.139. The predicted octanol–water partition coefficient (Wildman–Crippen LogP) is 10.3. The molecule has 0 aromatic heterocycles. The molecule has 0 fully saturated rings. The van der Waals surface area contributed by atoms with E-state index in [1.807, 2.05) is 85.0 Å². The van der Waals surface area contributed by atoms with E-state index in [2.05, 4.69) is 77.6 Å². The van der Waals surface area contributed by atoms with Crippen LogP contribution in [-0.4, -0.2) is 11.1 Å². The van der Waals surface area contributed by atoms with Crippen LogP contribution in [0, 0.1) is 0 Å². The molecule has 1 N–H and O–H groups in total. The van der Waals surface area contributed by atoms with Gasteiger partial charge in [-0.05, 0) is 35.1 Å². The van der Waals surface area contributed by atoms with Crippen molar-refractivity contribution in [2.75, 3.05) is 0 Å². The van der Waals surface area contributed by atoms with E-state index < -0.39 is 5.97 Å². The number of benzene rings is 3. The summed E-state index contributed by atoms with van der Waals surface area (Å²) in [6, 6.07) is 28.5. The Balaban J connectivity index is 0. The number of hydrogen-bond donors (Lipinski definition) is 1. The molecule has 0 atom stereocenters. The standard InChI is InChI=1S/C10H12.2C8H8.C7H12.C3H4O2/c1-3-9-5-7-10(4-2)8-6-9;2*1-2-8-6-4-3-5-7-8;1-4-6-7(3)5-2;1-2-3(4)5/h3,5-8H,1,4H2,2H3;2*2-7H,1H2;5H,2-4,6H2,1H3;2H,1H2,(H,4,5). The van der Waals surface area contributed by atoms with Gasteiger partial charge in [-0.25, -0.2) is 4.79 Å². The molecule has 0 aliphatic rings. The van der Waals surface area contributed by atoms with Crippen molar-refractivity contribution < 1.29 is 9.90 Å². The number of allylic oxidation sites excluding steroid dienone is 2. The number of carboxylic acid groups (broad SMARTS) is 1. The van der Waals surface area contributed by atoms with Crippen LogP contribution in [0.3, 0.4) is 0 Å². The van der Waals surface area contributed by atoms with E-state index in [1.54, 1.807) is 0 Å². The second kappa shape index (κ2) is 25.7. The summed E-state index contributed by atoms with van der Waals surface area (Å²) in [6.45, 7) is 25.5. The molecular weight excluding hydrogens is 464 g/mol. The summed E-state index contributed by atoms with van der Waals surface area (Å²) < 4.78 is 0. The van der Waals surface area contributed by atoms with Crippen LogP contribution in [0.1, 0.15) is 48.9 Å². The van der Waals surface area contributed by atoms with E-state index in [0.29, 0.717) is 0 Å². The molecule has 0 saturated carbocycles. The smallest absolute Gasteiger partial charge is 0.327 e. The minimum atomic E-state index is -0.981. The molecule has 0 spiro atoms. The highest BCUT2D eigenvalue weighted by molar-refractivity contribution is 5.78. The van der Waals surface area contributed by atoms with Gasteiger partial charge in [0.2, 0.25) is 0 Å². The van der Waals surface area contributed by atoms with Crippen molar-refractivity contribution >= 4 is 24.2 Å². The first-order valence-corrected chi connectivity index (χ1v) is 12.5. The van der Waals surface area contributed by atoms with Gasteiger partial charge in [-0.3, -0.25) is 0 Å². The minimum Gasteiger partial charge on any atom is -0.478 e. The zero-order valence-electron chi connectivity index (χ0n) is 23.2. The van der Waals surface area contributed by atoms with Crippen molar-refractivity contribution in [2.24, 2.45) is 0 Å². The fourth-order valence-corrected chi connectivity index (χ4v) is 2.49. The molecule has 2 heteroatoms. The molecule has 0 aliphatic carbocycles. The summed E-state index contributed by atoms with van der Waals surface area (Å²) in [6.07, 6.45) is 11.5. The van der Waals surface area contributed by atoms with Crippen molar-refractivity contribution in [1.82, 2.24) is 0 Å².